The molecule has 96 valence electrons. The van der Waals surface area contributed by atoms with Crippen LogP contribution in [0.5, 0.6) is 0 Å². The summed E-state index contributed by atoms with van der Waals surface area (Å²) >= 11 is 0. The number of nitrogens with zero attached hydrogens (tertiary/aromatic N) is 1. The smallest absolute Gasteiger partial charge is 0.416 e. The maximum atomic E-state index is 12.0. The molecule has 17 heavy (non-hydrogen) atoms. The van der Waals surface area contributed by atoms with Gasteiger partial charge >= 0.3 is 6.09 Å². The van der Waals surface area contributed by atoms with Gasteiger partial charge in [-0.25, -0.2) is 9.69 Å². The van der Waals surface area contributed by atoms with Crippen molar-refractivity contribution in [1.29, 1.82) is 0 Å². The van der Waals surface area contributed by atoms with Crippen molar-refractivity contribution in [2.24, 2.45) is 5.92 Å². The molecule has 0 aliphatic carbocycles. The van der Waals surface area contributed by atoms with Gasteiger partial charge in [-0.3, -0.25) is 4.79 Å². The van der Waals surface area contributed by atoms with Crippen LogP contribution in [0.15, 0.2) is 0 Å². The lowest BCUT2D eigenvalue weighted by molar-refractivity contribution is -0.133. The fourth-order valence-electron chi connectivity index (χ4n) is 1.91. The summed E-state index contributed by atoms with van der Waals surface area (Å²) < 4.78 is 4.72. The molecule has 0 aromatic carbocycles. The van der Waals surface area contributed by atoms with Crippen LogP contribution in [0.3, 0.4) is 0 Å². The molecule has 0 radical (unpaired) electrons. The van der Waals surface area contributed by atoms with Gasteiger partial charge in [0.2, 0.25) is 5.91 Å². The molecule has 0 aromatic heterocycles. The van der Waals surface area contributed by atoms with Crippen LogP contribution in [0.2, 0.25) is 0 Å². The fourth-order valence-corrected chi connectivity index (χ4v) is 1.91. The van der Waals surface area contributed by atoms with Crippen molar-refractivity contribution in [3.63, 3.8) is 0 Å². The van der Waals surface area contributed by atoms with Crippen molar-refractivity contribution in [3.8, 4) is 0 Å². The van der Waals surface area contributed by atoms with Crippen LogP contribution in [0.25, 0.3) is 0 Å². The first-order valence-electron chi connectivity index (χ1n) is 6.12. The average molecular weight is 241 g/mol. The molecule has 0 aromatic rings. The summed E-state index contributed by atoms with van der Waals surface area (Å²) in [4.78, 5) is 34.9. The number of carbonyl (C=O) groups is 3. The Morgan fingerprint density at radius 3 is 2.82 bits per heavy atom. The van der Waals surface area contributed by atoms with E-state index in [-0.39, 0.29) is 24.9 Å². The highest BCUT2D eigenvalue weighted by atomic mass is 16.6. The number of aldehydes is 1. The van der Waals surface area contributed by atoms with E-state index in [2.05, 4.69) is 6.92 Å². The molecule has 1 heterocycles. The van der Waals surface area contributed by atoms with Gasteiger partial charge in [0, 0.05) is 12.3 Å². The van der Waals surface area contributed by atoms with Crippen molar-refractivity contribution >= 4 is 18.3 Å². The number of hydrogen-bond donors (Lipinski definition) is 0. The molecule has 5 nitrogen and oxygen atoms in total. The second-order valence-corrected chi connectivity index (χ2v) is 4.20. The topological polar surface area (TPSA) is 63.7 Å². The summed E-state index contributed by atoms with van der Waals surface area (Å²) in [6, 6.07) is 0. The average Bonchev–Trinajstić information content (AvgIpc) is 2.74. The number of cyclic esters (lactones) is 1. The summed E-state index contributed by atoms with van der Waals surface area (Å²) in [6.45, 7) is 2.64. The monoisotopic (exact) mass is 241 g/mol. The van der Waals surface area contributed by atoms with E-state index in [1.807, 2.05) is 0 Å². The van der Waals surface area contributed by atoms with E-state index in [0.717, 1.165) is 30.4 Å². The summed E-state index contributed by atoms with van der Waals surface area (Å²) in [5.74, 6) is -0.639. The van der Waals surface area contributed by atoms with Crippen molar-refractivity contribution < 1.29 is 19.1 Å². The predicted molar refractivity (Wildman–Crippen MR) is 61.4 cm³/mol. The van der Waals surface area contributed by atoms with Crippen molar-refractivity contribution in [2.75, 3.05) is 13.2 Å². The molecule has 1 unspecified atom stereocenters. The summed E-state index contributed by atoms with van der Waals surface area (Å²) in [7, 11) is 0. The van der Waals surface area contributed by atoms with Crippen LogP contribution in [0, 0.1) is 5.92 Å². The summed E-state index contributed by atoms with van der Waals surface area (Å²) in [6.07, 6.45) is 4.02. The SMILES string of the molecule is CCCCCC(CC=O)C(=O)N1CCOC1=O. The van der Waals surface area contributed by atoms with E-state index >= 15 is 0 Å². The highest BCUT2D eigenvalue weighted by Crippen LogP contribution is 2.18. The fraction of sp³-hybridized carbons (Fsp3) is 0.750. The first-order valence-corrected chi connectivity index (χ1v) is 6.12. The summed E-state index contributed by atoms with van der Waals surface area (Å²) in [5, 5.41) is 0. The molecule has 1 aliphatic heterocycles. The van der Waals surface area contributed by atoms with Crippen LogP contribution >= 0.6 is 0 Å². The number of ether oxygens (including phenoxy) is 1. The molecular weight excluding hydrogens is 222 g/mol. The van der Waals surface area contributed by atoms with Crippen LogP contribution in [-0.2, 0) is 14.3 Å². The number of imide groups is 1. The van der Waals surface area contributed by atoms with Gasteiger partial charge in [0.25, 0.3) is 0 Å². The first kappa shape index (κ1) is 13.7. The molecule has 0 bridgehead atoms. The molecule has 0 saturated carbocycles. The highest BCUT2D eigenvalue weighted by Gasteiger charge is 2.32. The first-order chi connectivity index (χ1) is 8.20. The molecule has 1 atom stereocenters. The minimum Gasteiger partial charge on any atom is -0.447 e. The van der Waals surface area contributed by atoms with Crippen LogP contribution < -0.4 is 0 Å². The van der Waals surface area contributed by atoms with E-state index in [9.17, 15) is 14.4 Å². The molecule has 5 heteroatoms. The Hall–Kier alpha value is -1.39. The largest absolute Gasteiger partial charge is 0.447 e. The number of amides is 2. The Morgan fingerprint density at radius 1 is 1.53 bits per heavy atom. The normalized spacial score (nSPS) is 16.8. The lowest BCUT2D eigenvalue weighted by atomic mass is 9.97. The second-order valence-electron chi connectivity index (χ2n) is 4.20. The third-order valence-corrected chi connectivity index (χ3v) is 2.91. The van der Waals surface area contributed by atoms with Gasteiger partial charge in [-0.05, 0) is 6.42 Å². The Balaban J connectivity index is 2.52. The molecule has 1 rings (SSSR count). The van der Waals surface area contributed by atoms with E-state index in [0.29, 0.717) is 13.0 Å². The Labute approximate surface area is 101 Å². The van der Waals surface area contributed by atoms with Crippen LogP contribution in [-0.4, -0.2) is 36.3 Å². The van der Waals surface area contributed by atoms with Gasteiger partial charge in [0.15, 0.2) is 0 Å². The van der Waals surface area contributed by atoms with Crippen LogP contribution in [0.1, 0.15) is 39.0 Å². The number of hydrogen-bond acceptors (Lipinski definition) is 4. The van der Waals surface area contributed by atoms with Gasteiger partial charge in [0.05, 0.1) is 6.54 Å². The zero-order chi connectivity index (χ0) is 12.7. The third kappa shape index (κ3) is 3.84. The highest BCUT2D eigenvalue weighted by molar-refractivity contribution is 5.94. The van der Waals surface area contributed by atoms with Gasteiger partial charge in [-0.2, -0.15) is 0 Å². The quantitative estimate of drug-likeness (QED) is 0.503. The third-order valence-electron chi connectivity index (χ3n) is 2.91. The predicted octanol–water partition coefficient (Wildman–Crippen LogP) is 1.75. The van der Waals surface area contributed by atoms with E-state index in [4.69, 9.17) is 4.74 Å². The lowest BCUT2D eigenvalue weighted by Crippen LogP contribution is -2.37. The van der Waals surface area contributed by atoms with E-state index in [1.54, 1.807) is 0 Å². The van der Waals surface area contributed by atoms with Crippen LogP contribution in [0.4, 0.5) is 4.79 Å². The van der Waals surface area contributed by atoms with Crippen molar-refractivity contribution in [1.82, 2.24) is 4.90 Å². The molecular formula is C12H19NO4. The standard InChI is InChI=1S/C12H19NO4/c1-2-3-4-5-10(6-8-14)11(15)13-7-9-17-12(13)16/h8,10H,2-7,9H2,1H3. The van der Waals surface area contributed by atoms with Crippen molar-refractivity contribution in [2.45, 2.75) is 39.0 Å². The Morgan fingerprint density at radius 2 is 2.29 bits per heavy atom. The van der Waals surface area contributed by atoms with Gasteiger partial charge < -0.3 is 9.53 Å². The van der Waals surface area contributed by atoms with E-state index in [1.165, 1.54) is 0 Å². The summed E-state index contributed by atoms with van der Waals surface area (Å²) in [5.41, 5.74) is 0. The lowest BCUT2D eigenvalue weighted by Gasteiger charge is -2.18. The maximum absolute atomic E-state index is 12.0. The minimum absolute atomic E-state index is 0.187. The molecule has 0 spiro atoms. The number of carbonyl (C=O) groups excluding carboxylic acids is 3. The second kappa shape index (κ2) is 7.04. The van der Waals surface area contributed by atoms with Gasteiger partial charge in [-0.15, -0.1) is 0 Å². The molecule has 1 aliphatic rings. The number of rotatable bonds is 7. The van der Waals surface area contributed by atoms with Gasteiger partial charge in [-0.1, -0.05) is 26.2 Å². The zero-order valence-corrected chi connectivity index (χ0v) is 10.2. The number of unbranched alkanes of at least 4 members (excludes halogenated alkanes) is 2. The molecule has 0 N–H and O–H groups in total. The van der Waals surface area contributed by atoms with E-state index < -0.39 is 6.09 Å². The zero-order valence-electron chi connectivity index (χ0n) is 10.2. The Kier molecular flexibility index (Phi) is 5.66. The molecule has 1 fully saturated rings. The maximum Gasteiger partial charge on any atom is 0.416 e. The minimum atomic E-state index is -0.582. The molecule has 1 saturated heterocycles. The molecule has 2 amide bonds. The van der Waals surface area contributed by atoms with Gasteiger partial charge in [0.1, 0.15) is 12.9 Å². The Bertz CT molecular complexity index is 290. The van der Waals surface area contributed by atoms with Crippen molar-refractivity contribution in [3.05, 3.63) is 0 Å².